The van der Waals surface area contributed by atoms with Crippen molar-refractivity contribution in [2.75, 3.05) is 13.1 Å². The van der Waals surface area contributed by atoms with Crippen molar-refractivity contribution in [3.05, 3.63) is 47.7 Å². The van der Waals surface area contributed by atoms with Gasteiger partial charge >= 0.3 is 0 Å². The van der Waals surface area contributed by atoms with Crippen LogP contribution in [0.25, 0.3) is 10.9 Å². The molecule has 4 heterocycles. The van der Waals surface area contributed by atoms with Gasteiger partial charge in [-0.1, -0.05) is 6.07 Å². The van der Waals surface area contributed by atoms with E-state index in [0.717, 1.165) is 16.5 Å². The summed E-state index contributed by atoms with van der Waals surface area (Å²) in [5.74, 6) is -0.0224. The van der Waals surface area contributed by atoms with E-state index in [9.17, 15) is 8.42 Å². The number of pyridine rings is 1. The molecule has 0 unspecified atom stereocenters. The van der Waals surface area contributed by atoms with Crippen molar-refractivity contribution >= 4 is 32.3 Å². The van der Waals surface area contributed by atoms with E-state index in [1.807, 2.05) is 30.1 Å². The average molecular weight is 362 g/mol. The molecule has 1 aliphatic heterocycles. The minimum Gasteiger partial charge on any atom is -0.349 e. The molecule has 0 bridgehead atoms. The Morgan fingerprint density at radius 2 is 2.17 bits per heavy atom. The normalized spacial score (nSPS) is 22.4. The van der Waals surface area contributed by atoms with Gasteiger partial charge in [-0.25, -0.2) is 8.42 Å². The fraction of sp³-hybridized carbons (Fsp3) is 0.312. The number of aromatic nitrogens is 2. The van der Waals surface area contributed by atoms with Crippen LogP contribution in [0.1, 0.15) is 11.5 Å². The van der Waals surface area contributed by atoms with Crippen molar-refractivity contribution in [2.45, 2.75) is 16.2 Å². The van der Waals surface area contributed by atoms with E-state index in [1.54, 1.807) is 23.7 Å². The molecule has 126 valence electrons. The number of fused-ring (bicyclic) bond motifs is 1. The van der Waals surface area contributed by atoms with Crippen LogP contribution in [0, 0.1) is 0 Å². The molecule has 1 saturated heterocycles. The van der Waals surface area contributed by atoms with Gasteiger partial charge in [0.05, 0.1) is 11.7 Å². The van der Waals surface area contributed by atoms with Crippen LogP contribution < -0.4 is 5.73 Å². The van der Waals surface area contributed by atoms with E-state index in [1.165, 1.54) is 15.6 Å². The van der Waals surface area contributed by atoms with Gasteiger partial charge in [0.15, 0.2) is 0 Å². The van der Waals surface area contributed by atoms with Gasteiger partial charge in [-0.3, -0.25) is 4.98 Å². The Kier molecular flexibility index (Phi) is 3.72. The average Bonchev–Trinajstić information content (AvgIpc) is 3.27. The summed E-state index contributed by atoms with van der Waals surface area (Å²) in [7, 11) is -1.50. The van der Waals surface area contributed by atoms with Crippen molar-refractivity contribution < 1.29 is 8.42 Å². The van der Waals surface area contributed by atoms with E-state index in [-0.39, 0.29) is 12.0 Å². The summed E-state index contributed by atoms with van der Waals surface area (Å²) in [5.41, 5.74) is 8.44. The first-order valence-electron chi connectivity index (χ1n) is 7.66. The largest absolute Gasteiger partial charge is 0.349 e. The molecule has 6 nitrogen and oxygen atoms in total. The number of sulfonamides is 1. The molecule has 1 aliphatic rings. The highest BCUT2D eigenvalue weighted by atomic mass is 32.2. The zero-order chi connectivity index (χ0) is 16.9. The van der Waals surface area contributed by atoms with Crippen LogP contribution >= 0.6 is 11.3 Å². The summed E-state index contributed by atoms with van der Waals surface area (Å²) in [6.45, 7) is 0.745. The van der Waals surface area contributed by atoms with Crippen LogP contribution in [-0.2, 0) is 17.1 Å². The van der Waals surface area contributed by atoms with Gasteiger partial charge in [0.2, 0.25) is 0 Å². The summed E-state index contributed by atoms with van der Waals surface area (Å²) in [6, 6.07) is 5.14. The first kappa shape index (κ1) is 15.8. The summed E-state index contributed by atoms with van der Waals surface area (Å²) >= 11 is 1.24. The molecule has 0 radical (unpaired) electrons. The SMILES string of the molecule is Cn1cc([C@@H]2CN(S(=O)(=O)c3cccs3)C[C@H]2N)c2ccncc21. The molecule has 2 atom stereocenters. The lowest BCUT2D eigenvalue weighted by Gasteiger charge is -2.15. The second-order valence-electron chi connectivity index (χ2n) is 6.11. The Labute approximate surface area is 144 Å². The maximum atomic E-state index is 12.8. The first-order chi connectivity index (χ1) is 11.5. The molecule has 24 heavy (non-hydrogen) atoms. The van der Waals surface area contributed by atoms with Crippen molar-refractivity contribution in [3.63, 3.8) is 0 Å². The minimum atomic E-state index is -3.46. The Morgan fingerprint density at radius 1 is 1.33 bits per heavy atom. The van der Waals surface area contributed by atoms with Crippen molar-refractivity contribution in [3.8, 4) is 0 Å². The molecule has 0 saturated carbocycles. The van der Waals surface area contributed by atoms with Gasteiger partial charge in [-0.15, -0.1) is 11.3 Å². The molecule has 8 heteroatoms. The maximum Gasteiger partial charge on any atom is 0.252 e. The zero-order valence-electron chi connectivity index (χ0n) is 13.2. The molecule has 4 rings (SSSR count). The number of hydrogen-bond donors (Lipinski definition) is 1. The van der Waals surface area contributed by atoms with Gasteiger partial charge < -0.3 is 10.3 Å². The van der Waals surface area contributed by atoms with Gasteiger partial charge in [0, 0.05) is 49.9 Å². The Hall–Kier alpha value is -1.74. The third-order valence-electron chi connectivity index (χ3n) is 4.64. The molecule has 0 spiro atoms. The van der Waals surface area contributed by atoms with Crippen LogP contribution in [0.15, 0.2) is 46.4 Å². The minimum absolute atomic E-state index is 0.0224. The number of hydrogen-bond acceptors (Lipinski definition) is 5. The van der Waals surface area contributed by atoms with Crippen LogP contribution in [0.4, 0.5) is 0 Å². The maximum absolute atomic E-state index is 12.8. The van der Waals surface area contributed by atoms with E-state index in [0.29, 0.717) is 17.3 Å². The van der Waals surface area contributed by atoms with Gasteiger partial charge in [-0.2, -0.15) is 4.31 Å². The first-order valence-corrected chi connectivity index (χ1v) is 9.98. The molecule has 1 fully saturated rings. The highest BCUT2D eigenvalue weighted by Crippen LogP contribution is 2.35. The van der Waals surface area contributed by atoms with Gasteiger partial charge in [0.1, 0.15) is 4.21 Å². The molecular formula is C16H18N4O2S2. The highest BCUT2D eigenvalue weighted by Gasteiger charge is 2.39. The van der Waals surface area contributed by atoms with Crippen molar-refractivity contribution in [2.24, 2.45) is 12.8 Å². The van der Waals surface area contributed by atoms with E-state index in [4.69, 9.17) is 5.73 Å². The number of nitrogens with two attached hydrogens (primary N) is 1. The Morgan fingerprint density at radius 3 is 2.92 bits per heavy atom. The van der Waals surface area contributed by atoms with Crippen LogP contribution in [0.5, 0.6) is 0 Å². The fourth-order valence-electron chi connectivity index (χ4n) is 3.41. The number of thiophene rings is 1. The Bertz CT molecular complexity index is 979. The summed E-state index contributed by atoms with van der Waals surface area (Å²) < 4.78 is 29.4. The lowest BCUT2D eigenvalue weighted by molar-refractivity contribution is 0.472. The number of rotatable bonds is 3. The second-order valence-corrected chi connectivity index (χ2v) is 9.23. The molecular weight excluding hydrogens is 344 g/mol. The van der Waals surface area contributed by atoms with Crippen molar-refractivity contribution in [1.82, 2.24) is 13.9 Å². The molecule has 3 aromatic rings. The lowest BCUT2D eigenvalue weighted by atomic mass is 9.95. The van der Waals surface area contributed by atoms with Crippen LogP contribution in [0.2, 0.25) is 0 Å². The Balaban J connectivity index is 1.71. The third kappa shape index (κ3) is 2.37. The van der Waals surface area contributed by atoms with Crippen molar-refractivity contribution in [1.29, 1.82) is 0 Å². The highest BCUT2D eigenvalue weighted by molar-refractivity contribution is 7.91. The summed E-state index contributed by atoms with van der Waals surface area (Å²) in [6.07, 6.45) is 5.62. The van der Waals surface area contributed by atoms with E-state index >= 15 is 0 Å². The van der Waals surface area contributed by atoms with E-state index < -0.39 is 10.0 Å². The standard InChI is InChI=1S/C16H18N4O2S2/c1-19-8-12(11-4-5-18-7-15(11)19)13-9-20(10-14(13)17)24(21,22)16-3-2-6-23-16/h2-8,13-14H,9-10,17H2,1H3/t13-,14+/m0/s1. The predicted octanol–water partition coefficient (Wildman–Crippen LogP) is 1.75. The lowest BCUT2D eigenvalue weighted by Crippen LogP contribution is -2.31. The number of nitrogens with zero attached hydrogens (tertiary/aromatic N) is 3. The quantitative estimate of drug-likeness (QED) is 0.770. The molecule has 0 aromatic carbocycles. The summed E-state index contributed by atoms with van der Waals surface area (Å²) in [4.78, 5) is 4.16. The smallest absolute Gasteiger partial charge is 0.252 e. The predicted molar refractivity (Wildman–Crippen MR) is 94.5 cm³/mol. The second kappa shape index (κ2) is 5.66. The fourth-order valence-corrected chi connectivity index (χ4v) is 6.06. The molecule has 0 amide bonds. The van der Waals surface area contributed by atoms with Crippen LogP contribution in [-0.4, -0.2) is 41.4 Å². The van der Waals surface area contributed by atoms with Crippen LogP contribution in [0.3, 0.4) is 0 Å². The molecule has 2 N–H and O–H groups in total. The summed E-state index contributed by atoms with van der Waals surface area (Å²) in [5, 5.41) is 2.86. The number of aryl methyl sites for hydroxylation is 1. The molecule has 0 aliphatic carbocycles. The van der Waals surface area contributed by atoms with Gasteiger partial charge in [-0.05, 0) is 23.1 Å². The topological polar surface area (TPSA) is 81.2 Å². The zero-order valence-corrected chi connectivity index (χ0v) is 14.8. The van der Waals surface area contributed by atoms with E-state index in [2.05, 4.69) is 4.98 Å². The third-order valence-corrected chi connectivity index (χ3v) is 7.85. The monoisotopic (exact) mass is 362 g/mol. The molecule has 3 aromatic heterocycles. The van der Waals surface area contributed by atoms with Gasteiger partial charge in [0.25, 0.3) is 10.0 Å².